The predicted octanol–water partition coefficient (Wildman–Crippen LogP) is 5.84. The zero-order chi connectivity index (χ0) is 21.3. The number of piperidine rings is 1. The first-order valence-corrected chi connectivity index (χ1v) is 11.6. The van der Waals surface area contributed by atoms with E-state index in [1.165, 1.54) is 48.8 Å². The number of hydrogen-bond donors (Lipinski definition) is 1. The lowest BCUT2D eigenvalue weighted by atomic mass is 9.85. The largest absolute Gasteiger partial charge is 0.371 e. The SMILES string of the molecule is C=C(c1cc(C)nc(C)c1)N1CCC(C2=CN(C3CCCCC3)C(=N)/C2=C\C)CC1. The zero-order valence-corrected chi connectivity index (χ0v) is 18.9. The second-order valence-corrected chi connectivity index (χ2v) is 9.18. The molecule has 0 aromatic carbocycles. The Morgan fingerprint density at radius 1 is 1.07 bits per heavy atom. The van der Waals surface area contributed by atoms with E-state index in [9.17, 15) is 0 Å². The first-order valence-electron chi connectivity index (χ1n) is 11.6. The van der Waals surface area contributed by atoms with E-state index in [4.69, 9.17) is 5.41 Å². The average molecular weight is 405 g/mol. The van der Waals surface area contributed by atoms with Gasteiger partial charge in [-0.2, -0.15) is 0 Å². The van der Waals surface area contributed by atoms with Gasteiger partial charge in [-0.3, -0.25) is 10.4 Å². The molecule has 1 N–H and O–H groups in total. The van der Waals surface area contributed by atoms with Crippen LogP contribution in [0.15, 0.2) is 42.1 Å². The Labute approximate surface area is 181 Å². The van der Waals surface area contributed by atoms with Gasteiger partial charge in [0.25, 0.3) is 0 Å². The Hall–Kier alpha value is -2.36. The van der Waals surface area contributed by atoms with Gasteiger partial charge in [-0.1, -0.05) is 31.9 Å². The quantitative estimate of drug-likeness (QED) is 0.686. The van der Waals surface area contributed by atoms with E-state index in [0.717, 1.165) is 48.9 Å². The van der Waals surface area contributed by atoms with Crippen LogP contribution < -0.4 is 0 Å². The van der Waals surface area contributed by atoms with Crippen molar-refractivity contribution in [3.8, 4) is 0 Å². The molecule has 1 aliphatic carbocycles. The van der Waals surface area contributed by atoms with Gasteiger partial charge < -0.3 is 9.80 Å². The highest BCUT2D eigenvalue weighted by Gasteiger charge is 2.34. The lowest BCUT2D eigenvalue weighted by Gasteiger charge is -2.35. The number of amidine groups is 1. The lowest BCUT2D eigenvalue weighted by Crippen LogP contribution is -2.34. The summed E-state index contributed by atoms with van der Waals surface area (Å²) < 4.78 is 0. The summed E-state index contributed by atoms with van der Waals surface area (Å²) in [6.07, 6.45) is 13.1. The zero-order valence-electron chi connectivity index (χ0n) is 18.9. The van der Waals surface area contributed by atoms with Crippen LogP contribution in [0.1, 0.15) is 68.8 Å². The van der Waals surface area contributed by atoms with Gasteiger partial charge in [0.1, 0.15) is 5.84 Å². The predicted molar refractivity (Wildman–Crippen MR) is 125 cm³/mol. The minimum atomic E-state index is 0.525. The smallest absolute Gasteiger partial charge is 0.132 e. The molecule has 1 saturated heterocycles. The standard InChI is InChI=1S/C26H36N4/c1-5-24-25(17-30(26(24)27)23-9-7-6-8-10-23)21-11-13-29(14-12-21)20(4)22-15-18(2)28-19(3)16-22/h5,15-17,21,23,27H,4,6-14H2,1-3H3/b24-5-,27-26?. The van der Waals surface area contributed by atoms with Crippen molar-refractivity contribution in [1.29, 1.82) is 5.41 Å². The average Bonchev–Trinajstić information content (AvgIpc) is 3.09. The van der Waals surface area contributed by atoms with Gasteiger partial charge >= 0.3 is 0 Å². The number of pyridine rings is 1. The second kappa shape index (κ2) is 8.79. The third-order valence-electron chi connectivity index (χ3n) is 7.09. The number of hydrogen-bond acceptors (Lipinski definition) is 3. The van der Waals surface area contributed by atoms with Crippen LogP contribution in [0.5, 0.6) is 0 Å². The molecule has 160 valence electrons. The first kappa shape index (κ1) is 20.9. The summed E-state index contributed by atoms with van der Waals surface area (Å²) in [7, 11) is 0. The molecule has 0 unspecified atom stereocenters. The van der Waals surface area contributed by atoms with Crippen LogP contribution in [0, 0.1) is 25.2 Å². The molecule has 3 heterocycles. The van der Waals surface area contributed by atoms with Crippen molar-refractivity contribution in [1.82, 2.24) is 14.8 Å². The topological polar surface area (TPSA) is 43.2 Å². The maximum atomic E-state index is 8.78. The summed E-state index contributed by atoms with van der Waals surface area (Å²) in [5.74, 6) is 1.27. The fourth-order valence-corrected chi connectivity index (χ4v) is 5.48. The molecule has 4 heteroatoms. The number of rotatable bonds is 4. The Bertz CT molecular complexity index is 860. The van der Waals surface area contributed by atoms with Crippen LogP contribution in [-0.2, 0) is 0 Å². The number of likely N-dealkylation sites (tertiary alicyclic amines) is 1. The first-order chi connectivity index (χ1) is 14.5. The van der Waals surface area contributed by atoms with Crippen LogP contribution in [0.3, 0.4) is 0 Å². The van der Waals surface area contributed by atoms with Gasteiger partial charge in [-0.25, -0.2) is 0 Å². The molecule has 0 atom stereocenters. The van der Waals surface area contributed by atoms with Crippen molar-refractivity contribution in [2.24, 2.45) is 5.92 Å². The van der Waals surface area contributed by atoms with Crippen molar-refractivity contribution in [3.63, 3.8) is 0 Å². The van der Waals surface area contributed by atoms with Crippen molar-refractivity contribution in [2.45, 2.75) is 71.8 Å². The van der Waals surface area contributed by atoms with Gasteiger partial charge in [0, 0.05) is 53.6 Å². The minimum absolute atomic E-state index is 0.525. The molecular formula is C26H36N4. The molecule has 4 rings (SSSR count). The molecule has 2 aliphatic heterocycles. The van der Waals surface area contributed by atoms with Crippen molar-refractivity contribution >= 4 is 11.5 Å². The van der Waals surface area contributed by atoms with Crippen LogP contribution >= 0.6 is 0 Å². The molecule has 2 fully saturated rings. The Kier molecular flexibility index (Phi) is 6.12. The summed E-state index contributed by atoms with van der Waals surface area (Å²) in [4.78, 5) is 9.22. The highest BCUT2D eigenvalue weighted by molar-refractivity contribution is 6.03. The highest BCUT2D eigenvalue weighted by Crippen LogP contribution is 2.38. The number of aryl methyl sites for hydroxylation is 2. The third kappa shape index (κ3) is 4.10. The molecule has 3 aliphatic rings. The molecule has 0 spiro atoms. The van der Waals surface area contributed by atoms with Gasteiger partial charge in [-0.15, -0.1) is 0 Å². The van der Waals surface area contributed by atoms with E-state index < -0.39 is 0 Å². The number of nitrogens with zero attached hydrogens (tertiary/aromatic N) is 3. The Morgan fingerprint density at radius 3 is 2.30 bits per heavy atom. The van der Waals surface area contributed by atoms with Crippen molar-refractivity contribution in [2.75, 3.05) is 13.1 Å². The Balaban J connectivity index is 1.45. The highest BCUT2D eigenvalue weighted by atomic mass is 15.2. The molecule has 0 radical (unpaired) electrons. The van der Waals surface area contributed by atoms with E-state index in [-0.39, 0.29) is 0 Å². The van der Waals surface area contributed by atoms with Crippen molar-refractivity contribution < 1.29 is 0 Å². The number of aromatic nitrogens is 1. The van der Waals surface area contributed by atoms with Gasteiger partial charge in [0.15, 0.2) is 0 Å². The maximum absolute atomic E-state index is 8.78. The normalized spacial score (nSPS) is 22.7. The van der Waals surface area contributed by atoms with E-state index in [0.29, 0.717) is 12.0 Å². The second-order valence-electron chi connectivity index (χ2n) is 9.18. The van der Waals surface area contributed by atoms with Crippen molar-refractivity contribution in [3.05, 3.63) is 59.1 Å². The van der Waals surface area contributed by atoms with Gasteiger partial charge in [-0.05, 0) is 70.1 Å². The third-order valence-corrected chi connectivity index (χ3v) is 7.09. The van der Waals surface area contributed by atoms with Crippen LogP contribution in [0.4, 0.5) is 0 Å². The van der Waals surface area contributed by atoms with E-state index in [2.05, 4.69) is 52.7 Å². The summed E-state index contributed by atoms with van der Waals surface area (Å²) in [6, 6.07) is 4.81. The molecule has 1 saturated carbocycles. The molecular weight excluding hydrogens is 368 g/mol. The molecule has 4 nitrogen and oxygen atoms in total. The monoisotopic (exact) mass is 404 g/mol. The molecule has 30 heavy (non-hydrogen) atoms. The molecule has 1 aromatic rings. The molecule has 0 bridgehead atoms. The minimum Gasteiger partial charge on any atom is -0.371 e. The summed E-state index contributed by atoms with van der Waals surface area (Å²) in [5.41, 5.74) is 6.97. The van der Waals surface area contributed by atoms with Crippen LogP contribution in [0.2, 0.25) is 0 Å². The van der Waals surface area contributed by atoms with E-state index in [1.54, 1.807) is 0 Å². The molecule has 0 amide bonds. The van der Waals surface area contributed by atoms with Gasteiger partial charge in [0.05, 0.1) is 0 Å². The summed E-state index contributed by atoms with van der Waals surface area (Å²) in [6.45, 7) is 12.6. The lowest BCUT2D eigenvalue weighted by molar-refractivity contribution is 0.276. The number of allylic oxidation sites excluding steroid dienone is 1. The van der Waals surface area contributed by atoms with E-state index in [1.807, 2.05) is 13.8 Å². The van der Waals surface area contributed by atoms with Crippen LogP contribution in [-0.4, -0.2) is 39.8 Å². The fourth-order valence-electron chi connectivity index (χ4n) is 5.48. The fraction of sp³-hybridized carbons (Fsp3) is 0.538. The summed E-state index contributed by atoms with van der Waals surface area (Å²) >= 11 is 0. The Morgan fingerprint density at radius 2 is 1.70 bits per heavy atom. The number of nitrogens with one attached hydrogen (secondary N) is 1. The maximum Gasteiger partial charge on any atom is 0.132 e. The van der Waals surface area contributed by atoms with Crippen LogP contribution in [0.25, 0.3) is 5.70 Å². The molecule has 1 aromatic heterocycles. The van der Waals surface area contributed by atoms with E-state index >= 15 is 0 Å². The summed E-state index contributed by atoms with van der Waals surface area (Å²) in [5, 5.41) is 8.78. The van der Waals surface area contributed by atoms with Gasteiger partial charge in [0.2, 0.25) is 0 Å².